The number of rotatable bonds is 5. The number of aromatic amines is 1. The van der Waals surface area contributed by atoms with Gasteiger partial charge in [0.15, 0.2) is 5.16 Å². The van der Waals surface area contributed by atoms with E-state index in [4.69, 9.17) is 0 Å². The number of aryl methyl sites for hydroxylation is 2. The minimum atomic E-state index is -0.233. The van der Waals surface area contributed by atoms with Crippen LogP contribution in [-0.2, 0) is 11.2 Å². The van der Waals surface area contributed by atoms with Crippen LogP contribution in [0.2, 0.25) is 0 Å². The Morgan fingerprint density at radius 3 is 2.65 bits per heavy atom. The summed E-state index contributed by atoms with van der Waals surface area (Å²) in [6, 6.07) is 5.08. The number of fused-ring (bicyclic) bond motifs is 1. The van der Waals surface area contributed by atoms with E-state index in [0.29, 0.717) is 29.4 Å². The zero-order chi connectivity index (χ0) is 18.7. The molecular formula is C18H19N5O2S. The molecule has 1 aromatic carbocycles. The Labute approximate surface area is 154 Å². The fourth-order valence-corrected chi connectivity index (χ4v) is 3.23. The van der Waals surface area contributed by atoms with Crippen LogP contribution in [0.25, 0.3) is 10.9 Å². The average molecular weight is 369 g/mol. The molecule has 2 N–H and O–H groups in total. The van der Waals surface area contributed by atoms with E-state index in [1.54, 1.807) is 18.2 Å². The van der Waals surface area contributed by atoms with Crippen LogP contribution in [0.3, 0.4) is 0 Å². The van der Waals surface area contributed by atoms with Crippen LogP contribution in [0, 0.1) is 13.8 Å². The van der Waals surface area contributed by atoms with Gasteiger partial charge in [0.2, 0.25) is 5.91 Å². The number of carbonyl (C=O) groups is 1. The van der Waals surface area contributed by atoms with E-state index >= 15 is 0 Å². The first-order valence-electron chi connectivity index (χ1n) is 8.13. The predicted octanol–water partition coefficient (Wildman–Crippen LogP) is 2.62. The van der Waals surface area contributed by atoms with Crippen LogP contribution in [-0.4, -0.2) is 32.1 Å². The molecule has 0 aliphatic heterocycles. The van der Waals surface area contributed by atoms with Gasteiger partial charge in [0, 0.05) is 23.5 Å². The summed E-state index contributed by atoms with van der Waals surface area (Å²) in [5.74, 6) is -0.127. The van der Waals surface area contributed by atoms with Gasteiger partial charge in [0.05, 0.1) is 17.2 Å². The lowest BCUT2D eigenvalue weighted by atomic mass is 10.1. The van der Waals surface area contributed by atoms with Crippen LogP contribution < -0.4 is 10.9 Å². The fourth-order valence-electron chi connectivity index (χ4n) is 2.77. The molecule has 3 rings (SSSR count). The molecule has 134 valence electrons. The van der Waals surface area contributed by atoms with Crippen molar-refractivity contribution in [2.45, 2.75) is 31.8 Å². The summed E-state index contributed by atoms with van der Waals surface area (Å²) in [5, 5.41) is 4.01. The molecule has 0 saturated carbocycles. The minimum absolute atomic E-state index is 0.127. The topological polar surface area (TPSA) is 101 Å². The summed E-state index contributed by atoms with van der Waals surface area (Å²) in [7, 11) is 0. The molecule has 2 aromatic heterocycles. The Morgan fingerprint density at radius 2 is 1.96 bits per heavy atom. The molecule has 0 atom stereocenters. The van der Waals surface area contributed by atoms with Crippen molar-refractivity contribution in [2.24, 2.45) is 0 Å². The number of amides is 1. The summed E-state index contributed by atoms with van der Waals surface area (Å²) in [4.78, 5) is 39.6. The van der Waals surface area contributed by atoms with Crippen molar-refractivity contribution in [2.75, 3.05) is 11.6 Å². The highest BCUT2D eigenvalue weighted by Crippen LogP contribution is 2.18. The van der Waals surface area contributed by atoms with Crippen LogP contribution in [0.15, 0.2) is 34.5 Å². The first-order chi connectivity index (χ1) is 12.5. The molecule has 0 unspecified atom stereocenters. The lowest BCUT2D eigenvalue weighted by Crippen LogP contribution is -2.14. The van der Waals surface area contributed by atoms with Crippen LogP contribution in [0.5, 0.6) is 0 Å². The highest BCUT2D eigenvalue weighted by Gasteiger charge is 2.11. The zero-order valence-corrected chi connectivity index (χ0v) is 15.6. The van der Waals surface area contributed by atoms with Crippen molar-refractivity contribution < 1.29 is 4.79 Å². The highest BCUT2D eigenvalue weighted by molar-refractivity contribution is 7.98. The van der Waals surface area contributed by atoms with E-state index < -0.39 is 0 Å². The van der Waals surface area contributed by atoms with Crippen molar-refractivity contribution in [3.8, 4) is 0 Å². The number of hydrogen-bond donors (Lipinski definition) is 2. The quantitative estimate of drug-likeness (QED) is 0.530. The number of H-pyrrole nitrogens is 1. The third-order valence-electron chi connectivity index (χ3n) is 4.11. The van der Waals surface area contributed by atoms with Gasteiger partial charge in [-0.25, -0.2) is 15.0 Å². The largest absolute Gasteiger partial charge is 0.326 e. The van der Waals surface area contributed by atoms with Gasteiger partial charge in [-0.3, -0.25) is 9.59 Å². The minimum Gasteiger partial charge on any atom is -0.326 e. The SMILES string of the molecule is CSc1nc(C)c(CCC(=O)Nc2ccc3nc[nH]c(=O)c3c2)c(C)n1. The Balaban J connectivity index is 1.70. The van der Waals surface area contributed by atoms with Gasteiger partial charge in [-0.15, -0.1) is 0 Å². The fraction of sp³-hybridized carbons (Fsp3) is 0.278. The van der Waals surface area contributed by atoms with E-state index in [9.17, 15) is 9.59 Å². The van der Waals surface area contributed by atoms with Crippen molar-refractivity contribution in [1.82, 2.24) is 19.9 Å². The van der Waals surface area contributed by atoms with E-state index in [-0.39, 0.29) is 11.5 Å². The van der Waals surface area contributed by atoms with Crippen molar-refractivity contribution >= 4 is 34.3 Å². The molecule has 0 fully saturated rings. The van der Waals surface area contributed by atoms with Gasteiger partial charge in [0.25, 0.3) is 5.56 Å². The first kappa shape index (κ1) is 18.1. The summed E-state index contributed by atoms with van der Waals surface area (Å²) in [6.07, 6.45) is 4.17. The molecule has 0 aliphatic carbocycles. The second kappa shape index (κ2) is 7.65. The molecule has 3 aromatic rings. The molecule has 0 bridgehead atoms. The number of thioether (sulfide) groups is 1. The maximum absolute atomic E-state index is 12.3. The summed E-state index contributed by atoms with van der Waals surface area (Å²) >= 11 is 1.50. The predicted molar refractivity (Wildman–Crippen MR) is 103 cm³/mol. The van der Waals surface area contributed by atoms with Gasteiger partial charge in [-0.1, -0.05) is 11.8 Å². The standard InChI is InChI=1S/C18H19N5O2S/c1-10-13(11(2)22-18(21-10)26-3)5-7-16(24)23-12-4-6-15-14(8-12)17(25)20-9-19-15/h4,6,8-9H,5,7H2,1-3H3,(H,23,24)(H,19,20,25). The highest BCUT2D eigenvalue weighted by atomic mass is 32.2. The molecule has 2 heterocycles. The van der Waals surface area contributed by atoms with Crippen molar-refractivity contribution in [3.63, 3.8) is 0 Å². The maximum atomic E-state index is 12.3. The summed E-state index contributed by atoms with van der Waals surface area (Å²) in [5.41, 5.74) is 3.73. The van der Waals surface area contributed by atoms with Crippen molar-refractivity contribution in [1.29, 1.82) is 0 Å². The maximum Gasteiger partial charge on any atom is 0.258 e. The van der Waals surface area contributed by atoms with Gasteiger partial charge in [0.1, 0.15) is 0 Å². The molecule has 0 radical (unpaired) electrons. The Kier molecular flexibility index (Phi) is 5.32. The van der Waals surface area contributed by atoms with Crippen LogP contribution in [0.1, 0.15) is 23.4 Å². The number of anilines is 1. The van der Waals surface area contributed by atoms with E-state index in [1.165, 1.54) is 18.1 Å². The third kappa shape index (κ3) is 3.91. The molecule has 1 amide bonds. The molecular weight excluding hydrogens is 350 g/mol. The number of nitrogens with zero attached hydrogens (tertiary/aromatic N) is 3. The zero-order valence-electron chi connectivity index (χ0n) is 14.8. The molecule has 8 heteroatoms. The molecule has 26 heavy (non-hydrogen) atoms. The second-order valence-corrected chi connectivity index (χ2v) is 6.64. The summed E-state index contributed by atoms with van der Waals surface area (Å²) < 4.78 is 0. The van der Waals surface area contributed by atoms with Gasteiger partial charge in [-0.2, -0.15) is 0 Å². The third-order valence-corrected chi connectivity index (χ3v) is 4.66. The number of nitrogens with one attached hydrogen (secondary N) is 2. The summed E-state index contributed by atoms with van der Waals surface area (Å²) in [6.45, 7) is 3.87. The second-order valence-electron chi connectivity index (χ2n) is 5.87. The number of aromatic nitrogens is 4. The lowest BCUT2D eigenvalue weighted by molar-refractivity contribution is -0.116. The Bertz CT molecular complexity index is 1010. The van der Waals surface area contributed by atoms with E-state index in [0.717, 1.165) is 22.1 Å². The number of benzene rings is 1. The molecule has 0 aliphatic rings. The normalized spacial score (nSPS) is 10.9. The molecule has 7 nitrogen and oxygen atoms in total. The lowest BCUT2D eigenvalue weighted by Gasteiger charge is -2.10. The number of carbonyl (C=O) groups excluding carboxylic acids is 1. The monoisotopic (exact) mass is 369 g/mol. The van der Waals surface area contributed by atoms with Gasteiger partial charge >= 0.3 is 0 Å². The molecule has 0 spiro atoms. The van der Waals surface area contributed by atoms with Gasteiger partial charge < -0.3 is 10.3 Å². The van der Waals surface area contributed by atoms with Crippen LogP contribution in [0.4, 0.5) is 5.69 Å². The first-order valence-corrected chi connectivity index (χ1v) is 9.36. The van der Waals surface area contributed by atoms with Gasteiger partial charge in [-0.05, 0) is 50.3 Å². The van der Waals surface area contributed by atoms with E-state index in [2.05, 4.69) is 25.3 Å². The Hall–Kier alpha value is -2.74. The van der Waals surface area contributed by atoms with Crippen LogP contribution >= 0.6 is 11.8 Å². The Morgan fingerprint density at radius 1 is 1.23 bits per heavy atom. The van der Waals surface area contributed by atoms with Crippen molar-refractivity contribution in [3.05, 3.63) is 51.8 Å². The molecule has 0 saturated heterocycles. The number of hydrogen-bond acceptors (Lipinski definition) is 6. The average Bonchev–Trinajstić information content (AvgIpc) is 2.61. The van der Waals surface area contributed by atoms with E-state index in [1.807, 2.05) is 20.1 Å². The smallest absolute Gasteiger partial charge is 0.258 e.